The molecule has 5 rings (SSSR count). The lowest BCUT2D eigenvalue weighted by Crippen LogP contribution is -2.37. The third kappa shape index (κ3) is 5.26. The Balaban J connectivity index is 1.25. The van der Waals surface area contributed by atoms with Gasteiger partial charge in [0.15, 0.2) is 0 Å². The molecule has 33 heavy (non-hydrogen) atoms. The topological polar surface area (TPSA) is 45.7 Å². The Bertz CT molecular complexity index is 1090. The molecule has 2 aliphatic rings. The molecule has 2 fully saturated rings. The molecule has 5 heteroatoms. The number of rotatable bonds is 5. The van der Waals surface area contributed by atoms with E-state index in [1.807, 2.05) is 30.5 Å². The van der Waals surface area contributed by atoms with E-state index in [9.17, 15) is 4.79 Å². The van der Waals surface area contributed by atoms with Crippen LogP contribution in [0.3, 0.4) is 0 Å². The Kier molecular flexibility index (Phi) is 6.98. The summed E-state index contributed by atoms with van der Waals surface area (Å²) in [6, 6.07) is 18.7. The molecule has 0 spiro atoms. The fourth-order valence-electron chi connectivity index (χ4n) is 5.25. The van der Waals surface area contributed by atoms with Gasteiger partial charge in [-0.25, -0.2) is 0 Å². The van der Waals surface area contributed by atoms with Gasteiger partial charge in [-0.05, 0) is 60.9 Å². The molecule has 2 aliphatic heterocycles. The number of carbonyl (C=O) groups is 1. The van der Waals surface area contributed by atoms with E-state index in [2.05, 4.69) is 45.1 Å². The van der Waals surface area contributed by atoms with Gasteiger partial charge in [0.2, 0.25) is 0 Å². The summed E-state index contributed by atoms with van der Waals surface area (Å²) in [4.78, 5) is 22.5. The first kappa shape index (κ1) is 22.1. The van der Waals surface area contributed by atoms with Gasteiger partial charge in [0.1, 0.15) is 0 Å². The monoisotopic (exact) mass is 443 g/mol. The second kappa shape index (κ2) is 10.4. The van der Waals surface area contributed by atoms with Gasteiger partial charge in [-0.3, -0.25) is 14.7 Å². The predicted molar refractivity (Wildman–Crippen MR) is 131 cm³/mol. The molecule has 2 aromatic carbocycles. The number of likely N-dealkylation sites (tertiary alicyclic amines) is 1. The smallest absolute Gasteiger partial charge is 0.254 e. The highest BCUT2D eigenvalue weighted by atomic mass is 16.5. The van der Waals surface area contributed by atoms with Gasteiger partial charge in [-0.2, -0.15) is 0 Å². The summed E-state index contributed by atoms with van der Waals surface area (Å²) in [6.45, 7) is 5.90. The largest absolute Gasteiger partial charge is 0.379 e. The number of amides is 1. The first-order valence-corrected chi connectivity index (χ1v) is 12.3. The van der Waals surface area contributed by atoms with Crippen molar-refractivity contribution < 1.29 is 9.53 Å². The van der Waals surface area contributed by atoms with Crippen LogP contribution in [0.25, 0.3) is 10.9 Å². The molecule has 1 amide bonds. The number of aromatic nitrogens is 1. The maximum Gasteiger partial charge on any atom is 0.254 e. The van der Waals surface area contributed by atoms with E-state index in [4.69, 9.17) is 4.74 Å². The standard InChI is InChI=1S/C28H33N3O2/c32-28(26-9-2-1-7-24(26)21-30-16-18-33-19-17-30)31-14-5-6-22(12-15-31)20-23-11-13-29-27-10-4-3-8-25(23)27/h1-4,7-11,13,22H,5-6,12,14-21H2. The zero-order valence-electron chi connectivity index (χ0n) is 19.3. The van der Waals surface area contributed by atoms with Crippen molar-refractivity contribution in [1.29, 1.82) is 0 Å². The summed E-state index contributed by atoms with van der Waals surface area (Å²) >= 11 is 0. The SMILES string of the molecule is O=C(c1ccccc1CN1CCOCC1)N1CCCC(Cc2ccnc3ccccc23)CC1. The van der Waals surface area contributed by atoms with Crippen LogP contribution in [0.15, 0.2) is 60.8 Å². The Morgan fingerprint density at radius 2 is 1.73 bits per heavy atom. The summed E-state index contributed by atoms with van der Waals surface area (Å²) in [5.74, 6) is 0.783. The van der Waals surface area contributed by atoms with Crippen LogP contribution in [0.4, 0.5) is 0 Å². The molecule has 0 N–H and O–H groups in total. The fourth-order valence-corrected chi connectivity index (χ4v) is 5.25. The molecule has 0 bridgehead atoms. The van der Waals surface area contributed by atoms with E-state index in [0.717, 1.165) is 88.3 Å². The van der Waals surface area contributed by atoms with Crippen LogP contribution in [-0.2, 0) is 17.7 Å². The Morgan fingerprint density at radius 3 is 2.64 bits per heavy atom. The second-order valence-electron chi connectivity index (χ2n) is 9.33. The lowest BCUT2D eigenvalue weighted by atomic mass is 9.91. The maximum absolute atomic E-state index is 13.5. The van der Waals surface area contributed by atoms with E-state index >= 15 is 0 Å². The number of hydrogen-bond donors (Lipinski definition) is 0. The van der Waals surface area contributed by atoms with E-state index in [1.165, 1.54) is 10.9 Å². The van der Waals surface area contributed by atoms with Crippen molar-refractivity contribution in [2.45, 2.75) is 32.2 Å². The van der Waals surface area contributed by atoms with Crippen molar-refractivity contribution in [2.24, 2.45) is 5.92 Å². The fraction of sp³-hybridized carbons (Fsp3) is 0.429. The molecule has 1 unspecified atom stereocenters. The zero-order valence-corrected chi connectivity index (χ0v) is 19.3. The third-order valence-corrected chi connectivity index (χ3v) is 7.13. The maximum atomic E-state index is 13.5. The van der Waals surface area contributed by atoms with E-state index in [0.29, 0.717) is 5.92 Å². The quantitative estimate of drug-likeness (QED) is 0.580. The van der Waals surface area contributed by atoms with E-state index in [-0.39, 0.29) is 5.91 Å². The van der Waals surface area contributed by atoms with Gasteiger partial charge in [0.05, 0.1) is 18.7 Å². The third-order valence-electron chi connectivity index (χ3n) is 7.13. The van der Waals surface area contributed by atoms with Crippen LogP contribution >= 0.6 is 0 Å². The molecular weight excluding hydrogens is 410 g/mol. The Morgan fingerprint density at radius 1 is 0.909 bits per heavy atom. The van der Waals surface area contributed by atoms with Crippen LogP contribution in [0.2, 0.25) is 0 Å². The van der Waals surface area contributed by atoms with Gasteiger partial charge >= 0.3 is 0 Å². The number of carbonyl (C=O) groups excluding carboxylic acids is 1. The van der Waals surface area contributed by atoms with Crippen molar-refractivity contribution in [2.75, 3.05) is 39.4 Å². The van der Waals surface area contributed by atoms with Gasteiger partial charge in [0, 0.05) is 49.9 Å². The summed E-state index contributed by atoms with van der Waals surface area (Å²) in [5, 5.41) is 1.26. The van der Waals surface area contributed by atoms with Crippen LogP contribution < -0.4 is 0 Å². The summed E-state index contributed by atoms with van der Waals surface area (Å²) in [7, 11) is 0. The average Bonchev–Trinajstić information content (AvgIpc) is 3.10. The molecule has 1 aromatic heterocycles. The molecule has 172 valence electrons. The number of benzene rings is 2. The van der Waals surface area contributed by atoms with E-state index in [1.54, 1.807) is 0 Å². The summed E-state index contributed by atoms with van der Waals surface area (Å²) in [5.41, 5.74) is 4.44. The van der Waals surface area contributed by atoms with Crippen molar-refractivity contribution in [3.8, 4) is 0 Å². The van der Waals surface area contributed by atoms with Crippen LogP contribution in [-0.4, -0.2) is 60.1 Å². The summed E-state index contributed by atoms with van der Waals surface area (Å²) < 4.78 is 5.48. The number of nitrogens with zero attached hydrogens (tertiary/aromatic N) is 3. The van der Waals surface area contributed by atoms with Gasteiger partial charge in [-0.15, -0.1) is 0 Å². The van der Waals surface area contributed by atoms with Crippen molar-refractivity contribution in [1.82, 2.24) is 14.8 Å². The van der Waals surface area contributed by atoms with Crippen molar-refractivity contribution in [3.63, 3.8) is 0 Å². The molecule has 1 atom stereocenters. The molecule has 0 aliphatic carbocycles. The minimum Gasteiger partial charge on any atom is -0.379 e. The predicted octanol–water partition coefficient (Wildman–Crippen LogP) is 4.55. The molecule has 5 nitrogen and oxygen atoms in total. The number of pyridine rings is 1. The lowest BCUT2D eigenvalue weighted by Gasteiger charge is -2.28. The minimum absolute atomic E-state index is 0.189. The first-order valence-electron chi connectivity index (χ1n) is 12.3. The lowest BCUT2D eigenvalue weighted by molar-refractivity contribution is 0.0340. The van der Waals surface area contributed by atoms with Crippen molar-refractivity contribution >= 4 is 16.8 Å². The molecule has 2 saturated heterocycles. The second-order valence-corrected chi connectivity index (χ2v) is 9.33. The molecule has 3 heterocycles. The number of ether oxygens (including phenoxy) is 1. The molecule has 3 aromatic rings. The number of para-hydroxylation sites is 1. The normalized spacial score (nSPS) is 20.0. The van der Waals surface area contributed by atoms with E-state index < -0.39 is 0 Å². The van der Waals surface area contributed by atoms with Crippen LogP contribution in [0.1, 0.15) is 40.7 Å². The van der Waals surface area contributed by atoms with Gasteiger partial charge in [0.25, 0.3) is 5.91 Å². The Hall–Kier alpha value is -2.76. The van der Waals surface area contributed by atoms with Crippen molar-refractivity contribution in [3.05, 3.63) is 77.5 Å². The summed E-state index contributed by atoms with van der Waals surface area (Å²) in [6.07, 6.45) is 6.25. The van der Waals surface area contributed by atoms with Gasteiger partial charge < -0.3 is 9.64 Å². The molecule has 0 radical (unpaired) electrons. The van der Waals surface area contributed by atoms with Gasteiger partial charge in [-0.1, -0.05) is 36.4 Å². The number of hydrogen-bond acceptors (Lipinski definition) is 4. The molecular formula is C28H33N3O2. The minimum atomic E-state index is 0.189. The van der Waals surface area contributed by atoms with Crippen LogP contribution in [0, 0.1) is 5.92 Å². The number of fused-ring (bicyclic) bond motifs is 1. The Labute approximate surface area is 196 Å². The number of morpholine rings is 1. The molecule has 0 saturated carbocycles. The highest BCUT2D eigenvalue weighted by molar-refractivity contribution is 5.95. The average molecular weight is 444 g/mol. The highest BCUT2D eigenvalue weighted by Gasteiger charge is 2.24. The zero-order chi connectivity index (χ0) is 22.5. The first-order chi connectivity index (χ1) is 16.3. The highest BCUT2D eigenvalue weighted by Crippen LogP contribution is 2.26. The van der Waals surface area contributed by atoms with Crippen LogP contribution in [0.5, 0.6) is 0 Å².